The minimum Gasteiger partial charge on any atom is -0.481 e. The first-order valence-electron chi connectivity index (χ1n) is 7.35. The Kier molecular flexibility index (Phi) is 4.22. The Morgan fingerprint density at radius 2 is 1.80 bits per heavy atom. The zero-order chi connectivity index (χ0) is 14.9. The van der Waals surface area contributed by atoms with E-state index in [1.807, 2.05) is 0 Å². The van der Waals surface area contributed by atoms with Crippen molar-refractivity contribution < 1.29 is 14.7 Å². The summed E-state index contributed by atoms with van der Waals surface area (Å²) in [5, 5.41) is 9.33. The Labute approximate surface area is 119 Å². The van der Waals surface area contributed by atoms with Gasteiger partial charge in [0.25, 0.3) is 0 Å². The molecule has 2 rings (SSSR count). The van der Waals surface area contributed by atoms with Crippen LogP contribution in [0.3, 0.4) is 0 Å². The highest BCUT2D eigenvalue weighted by Crippen LogP contribution is 2.34. The number of amides is 2. The highest BCUT2D eigenvalue weighted by molar-refractivity contribution is 5.76. The number of aliphatic carboxylic acids is 1. The van der Waals surface area contributed by atoms with Crippen LogP contribution >= 0.6 is 0 Å². The average molecular weight is 283 g/mol. The third-order valence-corrected chi connectivity index (χ3v) is 4.76. The fourth-order valence-electron chi connectivity index (χ4n) is 3.08. The number of rotatable bonds is 2. The lowest BCUT2D eigenvalue weighted by molar-refractivity contribution is -0.151. The van der Waals surface area contributed by atoms with Gasteiger partial charge in [-0.2, -0.15) is 0 Å². The van der Waals surface area contributed by atoms with Crippen LogP contribution in [0.1, 0.15) is 33.1 Å². The monoisotopic (exact) mass is 283 g/mol. The molecule has 6 heteroatoms. The van der Waals surface area contributed by atoms with Gasteiger partial charge in [-0.05, 0) is 39.0 Å². The molecule has 3 N–H and O–H groups in total. The van der Waals surface area contributed by atoms with E-state index in [9.17, 15) is 14.7 Å². The van der Waals surface area contributed by atoms with Crippen LogP contribution in [-0.2, 0) is 4.79 Å². The molecule has 2 amide bonds. The summed E-state index contributed by atoms with van der Waals surface area (Å²) in [6.07, 6.45) is 2.58. The van der Waals surface area contributed by atoms with Gasteiger partial charge >= 0.3 is 12.0 Å². The van der Waals surface area contributed by atoms with E-state index in [2.05, 4.69) is 0 Å². The number of hydrogen-bond donors (Lipinski definition) is 2. The van der Waals surface area contributed by atoms with Crippen molar-refractivity contribution in [1.82, 2.24) is 9.80 Å². The molecule has 2 aliphatic rings. The fourth-order valence-corrected chi connectivity index (χ4v) is 3.08. The molecule has 114 valence electrons. The number of piperidine rings is 1. The van der Waals surface area contributed by atoms with Crippen LogP contribution in [0.5, 0.6) is 0 Å². The van der Waals surface area contributed by atoms with Gasteiger partial charge in [0.1, 0.15) is 0 Å². The lowest BCUT2D eigenvalue weighted by Gasteiger charge is -2.40. The van der Waals surface area contributed by atoms with Gasteiger partial charge in [0, 0.05) is 32.2 Å². The molecule has 0 saturated carbocycles. The summed E-state index contributed by atoms with van der Waals surface area (Å²) in [6, 6.07) is 0.0961. The number of carboxylic acid groups (broad SMARTS) is 1. The number of likely N-dealkylation sites (tertiary alicyclic amines) is 2. The largest absolute Gasteiger partial charge is 0.481 e. The van der Waals surface area contributed by atoms with E-state index >= 15 is 0 Å². The second-order valence-electron chi connectivity index (χ2n) is 6.59. The van der Waals surface area contributed by atoms with Crippen LogP contribution in [-0.4, -0.2) is 59.1 Å². The maximum Gasteiger partial charge on any atom is 0.320 e. The highest BCUT2D eigenvalue weighted by atomic mass is 16.4. The fraction of sp³-hybridized carbons (Fsp3) is 0.857. The summed E-state index contributed by atoms with van der Waals surface area (Å²) in [4.78, 5) is 27.4. The zero-order valence-electron chi connectivity index (χ0n) is 12.3. The van der Waals surface area contributed by atoms with E-state index in [4.69, 9.17) is 5.73 Å². The first-order valence-corrected chi connectivity index (χ1v) is 7.35. The summed E-state index contributed by atoms with van der Waals surface area (Å²) in [7, 11) is 0. The van der Waals surface area contributed by atoms with Gasteiger partial charge in [-0.15, -0.1) is 0 Å². The SMILES string of the molecule is CC(C)(C(=O)O)C1CCCN(C(=O)N2CCC(N)C2)C1. The second kappa shape index (κ2) is 5.60. The van der Waals surface area contributed by atoms with E-state index in [0.717, 1.165) is 25.8 Å². The minimum absolute atomic E-state index is 0.00831. The quantitative estimate of drug-likeness (QED) is 0.790. The molecular formula is C14H25N3O3. The molecule has 0 aromatic carbocycles. The third kappa shape index (κ3) is 2.90. The molecule has 20 heavy (non-hydrogen) atoms. The Balaban J connectivity index is 2.00. The van der Waals surface area contributed by atoms with Crippen molar-refractivity contribution in [2.75, 3.05) is 26.2 Å². The number of urea groups is 1. The van der Waals surface area contributed by atoms with Crippen molar-refractivity contribution in [2.45, 2.75) is 39.2 Å². The lowest BCUT2D eigenvalue weighted by atomic mass is 9.74. The number of nitrogens with zero attached hydrogens (tertiary/aromatic N) is 2. The Hall–Kier alpha value is -1.30. The van der Waals surface area contributed by atoms with E-state index in [1.54, 1.807) is 23.6 Å². The van der Waals surface area contributed by atoms with Crippen LogP contribution in [0.2, 0.25) is 0 Å². The van der Waals surface area contributed by atoms with E-state index in [0.29, 0.717) is 19.6 Å². The summed E-state index contributed by atoms with van der Waals surface area (Å²) >= 11 is 0. The van der Waals surface area contributed by atoms with Crippen molar-refractivity contribution in [3.05, 3.63) is 0 Å². The zero-order valence-corrected chi connectivity index (χ0v) is 12.3. The maximum absolute atomic E-state index is 12.4. The lowest BCUT2D eigenvalue weighted by Crippen LogP contribution is -2.50. The van der Waals surface area contributed by atoms with Gasteiger partial charge in [-0.1, -0.05) is 0 Å². The Morgan fingerprint density at radius 3 is 2.35 bits per heavy atom. The van der Waals surface area contributed by atoms with Crippen molar-refractivity contribution in [2.24, 2.45) is 17.1 Å². The summed E-state index contributed by atoms with van der Waals surface area (Å²) < 4.78 is 0. The van der Waals surface area contributed by atoms with Gasteiger partial charge in [0.15, 0.2) is 0 Å². The van der Waals surface area contributed by atoms with Gasteiger partial charge in [-0.25, -0.2) is 4.79 Å². The number of carboxylic acids is 1. The van der Waals surface area contributed by atoms with Crippen LogP contribution in [0, 0.1) is 11.3 Å². The van der Waals surface area contributed by atoms with Crippen LogP contribution in [0.25, 0.3) is 0 Å². The number of hydrogen-bond acceptors (Lipinski definition) is 3. The van der Waals surface area contributed by atoms with Gasteiger partial charge in [0.2, 0.25) is 0 Å². The molecule has 2 saturated heterocycles. The first kappa shape index (κ1) is 15.1. The van der Waals surface area contributed by atoms with E-state index < -0.39 is 11.4 Å². The van der Waals surface area contributed by atoms with Crippen molar-refractivity contribution in [3.63, 3.8) is 0 Å². The highest BCUT2D eigenvalue weighted by Gasteiger charge is 2.41. The second-order valence-corrected chi connectivity index (χ2v) is 6.59. The standard InChI is InChI=1S/C14H25N3O3/c1-14(2,12(18)19)10-4-3-6-16(8-10)13(20)17-7-5-11(15)9-17/h10-11H,3-9,15H2,1-2H3,(H,18,19). The van der Waals surface area contributed by atoms with E-state index in [1.165, 1.54) is 0 Å². The molecule has 0 spiro atoms. The number of nitrogens with two attached hydrogens (primary N) is 1. The van der Waals surface area contributed by atoms with Gasteiger partial charge in [0.05, 0.1) is 5.41 Å². The molecule has 2 atom stereocenters. The van der Waals surface area contributed by atoms with Crippen LogP contribution < -0.4 is 5.73 Å². The van der Waals surface area contributed by atoms with Gasteiger partial charge in [-0.3, -0.25) is 4.79 Å². The third-order valence-electron chi connectivity index (χ3n) is 4.76. The molecule has 2 aliphatic heterocycles. The molecule has 6 nitrogen and oxygen atoms in total. The summed E-state index contributed by atoms with van der Waals surface area (Å²) in [5.41, 5.74) is 5.05. The first-order chi connectivity index (χ1) is 9.32. The number of carbonyl (C=O) groups is 2. The Morgan fingerprint density at radius 1 is 1.15 bits per heavy atom. The van der Waals surface area contributed by atoms with Crippen molar-refractivity contribution in [3.8, 4) is 0 Å². The van der Waals surface area contributed by atoms with Crippen molar-refractivity contribution >= 4 is 12.0 Å². The van der Waals surface area contributed by atoms with Gasteiger partial charge < -0.3 is 20.6 Å². The molecule has 0 aromatic heterocycles. The van der Waals surface area contributed by atoms with Crippen LogP contribution in [0.15, 0.2) is 0 Å². The van der Waals surface area contributed by atoms with E-state index in [-0.39, 0.29) is 18.0 Å². The Bertz CT molecular complexity index is 397. The average Bonchev–Trinajstić information content (AvgIpc) is 2.84. The molecule has 0 aromatic rings. The molecule has 0 bridgehead atoms. The molecule has 0 radical (unpaired) electrons. The predicted molar refractivity (Wildman–Crippen MR) is 75.3 cm³/mol. The predicted octanol–water partition coefficient (Wildman–Crippen LogP) is 0.962. The maximum atomic E-state index is 12.4. The summed E-state index contributed by atoms with van der Waals surface area (Å²) in [5.74, 6) is -0.783. The summed E-state index contributed by atoms with van der Waals surface area (Å²) in [6.45, 7) is 6.08. The number of carbonyl (C=O) groups excluding carboxylic acids is 1. The van der Waals surface area contributed by atoms with Crippen LogP contribution in [0.4, 0.5) is 4.79 Å². The van der Waals surface area contributed by atoms with Crippen molar-refractivity contribution in [1.29, 1.82) is 0 Å². The molecule has 2 fully saturated rings. The molecule has 0 aliphatic carbocycles. The normalized spacial score (nSPS) is 27.8. The molecular weight excluding hydrogens is 258 g/mol. The smallest absolute Gasteiger partial charge is 0.320 e. The molecule has 2 unspecified atom stereocenters. The molecule has 2 heterocycles. The topological polar surface area (TPSA) is 86.9 Å². The minimum atomic E-state index is -0.792.